The molecule has 6 heteroatoms. The van der Waals surface area contributed by atoms with Crippen molar-refractivity contribution in [3.05, 3.63) is 23.3 Å². The Balaban J connectivity index is 2.49. The van der Waals surface area contributed by atoms with Gasteiger partial charge in [0.25, 0.3) is 0 Å². The van der Waals surface area contributed by atoms with Crippen molar-refractivity contribution in [1.82, 2.24) is 4.31 Å². The lowest BCUT2D eigenvalue weighted by atomic mass is 9.92. The highest BCUT2D eigenvalue weighted by Crippen LogP contribution is 2.33. The molecule has 1 aromatic carbocycles. The molecule has 1 aliphatic carbocycles. The third kappa shape index (κ3) is 3.54. The molecule has 5 nitrogen and oxygen atoms in total. The first-order chi connectivity index (χ1) is 10.8. The van der Waals surface area contributed by atoms with Crippen molar-refractivity contribution in [1.29, 1.82) is 0 Å². The number of aliphatic hydroxyl groups excluding tert-OH is 1. The molecule has 0 amide bonds. The van der Waals surface area contributed by atoms with Crippen molar-refractivity contribution < 1.29 is 18.3 Å². The van der Waals surface area contributed by atoms with E-state index in [0.29, 0.717) is 25.1 Å². The Hall–Kier alpha value is -1.11. The fourth-order valence-corrected chi connectivity index (χ4v) is 5.18. The number of aryl methyl sites for hydroxylation is 2. The number of hydrogen-bond acceptors (Lipinski definition) is 4. The van der Waals surface area contributed by atoms with Crippen molar-refractivity contribution in [3.8, 4) is 5.75 Å². The van der Waals surface area contributed by atoms with Crippen LogP contribution in [-0.2, 0) is 10.0 Å². The zero-order valence-electron chi connectivity index (χ0n) is 14.4. The maximum Gasteiger partial charge on any atom is 0.247 e. The van der Waals surface area contributed by atoms with Gasteiger partial charge in [0.15, 0.2) is 0 Å². The number of ether oxygens (including phenoxy) is 1. The molecule has 1 N–H and O–H groups in total. The lowest BCUT2D eigenvalue weighted by Crippen LogP contribution is -2.48. The van der Waals surface area contributed by atoms with Gasteiger partial charge in [-0.05, 0) is 49.9 Å². The first-order valence-electron chi connectivity index (χ1n) is 8.18. The first-order valence-corrected chi connectivity index (χ1v) is 9.62. The van der Waals surface area contributed by atoms with Gasteiger partial charge >= 0.3 is 0 Å². The van der Waals surface area contributed by atoms with Crippen molar-refractivity contribution >= 4 is 10.0 Å². The van der Waals surface area contributed by atoms with Gasteiger partial charge in [0.1, 0.15) is 10.6 Å². The Labute approximate surface area is 139 Å². The molecule has 0 aliphatic heterocycles. The quantitative estimate of drug-likeness (QED) is 0.894. The van der Waals surface area contributed by atoms with Crippen LogP contribution in [0.2, 0.25) is 0 Å². The fraction of sp³-hybridized carbons (Fsp3) is 0.647. The maximum absolute atomic E-state index is 13.2. The van der Waals surface area contributed by atoms with Crippen LogP contribution >= 0.6 is 0 Å². The molecule has 0 bridgehead atoms. The minimum Gasteiger partial charge on any atom is -0.495 e. The highest BCUT2D eigenvalue weighted by atomic mass is 32.2. The van der Waals surface area contributed by atoms with Gasteiger partial charge in [0.05, 0.1) is 19.3 Å². The third-order valence-corrected chi connectivity index (χ3v) is 6.76. The van der Waals surface area contributed by atoms with Gasteiger partial charge < -0.3 is 9.84 Å². The molecule has 23 heavy (non-hydrogen) atoms. The summed E-state index contributed by atoms with van der Waals surface area (Å²) >= 11 is 0. The van der Waals surface area contributed by atoms with Crippen LogP contribution < -0.4 is 4.74 Å². The Morgan fingerprint density at radius 1 is 1.22 bits per heavy atom. The summed E-state index contributed by atoms with van der Waals surface area (Å²) < 4.78 is 33.1. The number of nitrogens with zero attached hydrogens (tertiary/aromatic N) is 1. The molecule has 130 valence electrons. The smallest absolute Gasteiger partial charge is 0.247 e. The lowest BCUT2D eigenvalue weighted by Gasteiger charge is -2.36. The van der Waals surface area contributed by atoms with E-state index >= 15 is 0 Å². The van der Waals surface area contributed by atoms with Crippen molar-refractivity contribution in [2.75, 3.05) is 13.7 Å². The summed E-state index contributed by atoms with van der Waals surface area (Å²) in [4.78, 5) is 0.183. The number of rotatable bonds is 5. The van der Waals surface area contributed by atoms with E-state index in [-0.39, 0.29) is 10.9 Å². The molecular formula is C17H27NO4S. The van der Waals surface area contributed by atoms with Gasteiger partial charge in [-0.2, -0.15) is 4.31 Å². The van der Waals surface area contributed by atoms with Gasteiger partial charge in [-0.15, -0.1) is 0 Å². The second-order valence-corrected chi connectivity index (χ2v) is 8.07. The number of benzene rings is 1. The number of aliphatic hydroxyl groups is 1. The van der Waals surface area contributed by atoms with Gasteiger partial charge in [0.2, 0.25) is 10.0 Å². The molecule has 0 aromatic heterocycles. The number of hydrogen-bond donors (Lipinski definition) is 1. The van der Waals surface area contributed by atoms with E-state index in [1.807, 2.05) is 20.8 Å². The molecule has 0 heterocycles. The summed E-state index contributed by atoms with van der Waals surface area (Å²) in [6.45, 7) is 5.96. The molecule has 0 radical (unpaired) electrons. The highest BCUT2D eigenvalue weighted by molar-refractivity contribution is 7.89. The molecule has 1 fully saturated rings. The topological polar surface area (TPSA) is 66.8 Å². The van der Waals surface area contributed by atoms with Crippen LogP contribution in [0.15, 0.2) is 17.0 Å². The van der Waals surface area contributed by atoms with Gasteiger partial charge in [0, 0.05) is 6.54 Å². The second-order valence-electron chi connectivity index (χ2n) is 6.21. The van der Waals surface area contributed by atoms with E-state index in [4.69, 9.17) is 4.74 Å². The van der Waals surface area contributed by atoms with E-state index in [0.717, 1.165) is 24.0 Å². The lowest BCUT2D eigenvalue weighted by molar-refractivity contribution is 0.0573. The zero-order valence-corrected chi connectivity index (χ0v) is 15.2. The van der Waals surface area contributed by atoms with Crippen LogP contribution in [0.3, 0.4) is 0 Å². The van der Waals surface area contributed by atoms with Crippen molar-refractivity contribution in [2.24, 2.45) is 0 Å². The second kappa shape index (κ2) is 7.20. The summed E-state index contributed by atoms with van der Waals surface area (Å²) in [6.07, 6.45) is 2.64. The summed E-state index contributed by atoms with van der Waals surface area (Å²) in [7, 11) is -2.24. The van der Waals surface area contributed by atoms with Gasteiger partial charge in [-0.1, -0.05) is 19.8 Å². The van der Waals surface area contributed by atoms with Crippen LogP contribution in [0.5, 0.6) is 5.75 Å². The Morgan fingerprint density at radius 2 is 1.83 bits per heavy atom. The van der Waals surface area contributed by atoms with E-state index in [2.05, 4.69) is 0 Å². The van der Waals surface area contributed by atoms with Crippen molar-refractivity contribution in [3.63, 3.8) is 0 Å². The SMILES string of the molecule is CCN([C@@H]1CCCC[C@H]1O)S(=O)(=O)c1cc(C)c(C)cc1OC. The average molecular weight is 341 g/mol. The first kappa shape index (κ1) is 18.2. The molecule has 2 rings (SSSR count). The molecule has 0 saturated heterocycles. The summed E-state index contributed by atoms with van der Waals surface area (Å²) in [5, 5.41) is 10.3. The van der Waals surface area contributed by atoms with Gasteiger partial charge in [-0.3, -0.25) is 0 Å². The van der Waals surface area contributed by atoms with Crippen LogP contribution in [0, 0.1) is 13.8 Å². The number of sulfonamides is 1. The van der Waals surface area contributed by atoms with Crippen LogP contribution in [-0.4, -0.2) is 43.6 Å². The number of likely N-dealkylation sites (N-methyl/N-ethyl adjacent to an activating group) is 1. The predicted molar refractivity (Wildman–Crippen MR) is 90.3 cm³/mol. The standard InChI is InChI=1S/C17H27NO4S/c1-5-18(14-8-6-7-9-15(14)19)23(20,21)17-11-13(3)12(2)10-16(17)22-4/h10-11,14-15,19H,5-9H2,1-4H3/t14-,15-/m1/s1. The summed E-state index contributed by atoms with van der Waals surface area (Å²) in [5.41, 5.74) is 1.89. The summed E-state index contributed by atoms with van der Waals surface area (Å²) in [5.74, 6) is 0.358. The maximum atomic E-state index is 13.2. The van der Waals surface area contributed by atoms with Crippen molar-refractivity contribution in [2.45, 2.75) is 63.5 Å². The average Bonchev–Trinajstić information content (AvgIpc) is 2.51. The monoisotopic (exact) mass is 341 g/mol. The van der Waals surface area contributed by atoms with Crippen LogP contribution in [0.4, 0.5) is 0 Å². The normalized spacial score (nSPS) is 22.3. The Bertz CT molecular complexity index is 657. The number of methoxy groups -OCH3 is 1. The minimum atomic E-state index is -3.72. The zero-order chi connectivity index (χ0) is 17.2. The minimum absolute atomic E-state index is 0.183. The summed E-state index contributed by atoms with van der Waals surface area (Å²) in [6, 6.07) is 3.07. The fourth-order valence-electron chi connectivity index (χ4n) is 3.26. The largest absolute Gasteiger partial charge is 0.495 e. The van der Waals surface area contributed by atoms with E-state index in [9.17, 15) is 13.5 Å². The molecule has 1 saturated carbocycles. The molecule has 1 aromatic rings. The third-order valence-electron chi connectivity index (χ3n) is 4.74. The molecule has 2 atom stereocenters. The van der Waals surface area contributed by atoms with E-state index in [1.54, 1.807) is 12.1 Å². The Kier molecular flexibility index (Phi) is 5.70. The van der Waals surface area contributed by atoms with E-state index in [1.165, 1.54) is 11.4 Å². The van der Waals surface area contributed by atoms with Crippen LogP contribution in [0.1, 0.15) is 43.7 Å². The predicted octanol–water partition coefficient (Wildman–Crippen LogP) is 2.63. The Morgan fingerprint density at radius 3 is 2.39 bits per heavy atom. The molecular weight excluding hydrogens is 314 g/mol. The molecule has 0 unspecified atom stereocenters. The van der Waals surface area contributed by atoms with Gasteiger partial charge in [-0.25, -0.2) is 8.42 Å². The van der Waals surface area contributed by atoms with E-state index < -0.39 is 16.1 Å². The highest BCUT2D eigenvalue weighted by Gasteiger charge is 2.37. The molecule has 1 aliphatic rings. The molecule has 0 spiro atoms. The van der Waals surface area contributed by atoms with Crippen LogP contribution in [0.25, 0.3) is 0 Å².